The number of aryl methyl sites for hydroxylation is 1. The first kappa shape index (κ1) is 14.6. The fraction of sp³-hybridized carbons (Fsp3) is 0.611. The Morgan fingerprint density at radius 2 is 1.86 bits per heavy atom. The Bertz CT molecular complexity index is 525. The summed E-state index contributed by atoms with van der Waals surface area (Å²) in [6, 6.07) is 7.95. The molecule has 2 aliphatic rings. The quantitative estimate of drug-likeness (QED) is 0.821. The Labute approximate surface area is 126 Å². The molecule has 0 saturated heterocycles. The third-order valence-corrected chi connectivity index (χ3v) is 5.51. The highest BCUT2D eigenvalue weighted by atomic mass is 16.4. The number of hydrogen-bond acceptors (Lipinski definition) is 2. The molecule has 3 nitrogen and oxygen atoms in total. The van der Waals surface area contributed by atoms with Crippen molar-refractivity contribution >= 4 is 5.97 Å². The van der Waals surface area contributed by atoms with Crippen molar-refractivity contribution in [2.45, 2.75) is 62.9 Å². The number of aliphatic hydroxyl groups is 1. The number of carbonyl (C=O) groups is 1. The minimum atomic E-state index is -0.890. The molecular formula is C18H24O3. The number of fused-ring (bicyclic) bond motifs is 1. The lowest BCUT2D eigenvalue weighted by Crippen LogP contribution is -2.49. The maximum Gasteiger partial charge on any atom is 0.314 e. The fourth-order valence-electron chi connectivity index (χ4n) is 4.49. The van der Waals surface area contributed by atoms with Gasteiger partial charge in [0.15, 0.2) is 0 Å². The monoisotopic (exact) mass is 288 g/mol. The van der Waals surface area contributed by atoms with Crippen molar-refractivity contribution in [1.29, 1.82) is 0 Å². The van der Waals surface area contributed by atoms with Crippen molar-refractivity contribution in [3.8, 4) is 0 Å². The van der Waals surface area contributed by atoms with Crippen molar-refractivity contribution in [3.05, 3.63) is 35.4 Å². The van der Waals surface area contributed by atoms with Crippen LogP contribution in [0.5, 0.6) is 0 Å². The molecule has 0 amide bonds. The molecule has 0 heterocycles. The maximum atomic E-state index is 12.3. The summed E-state index contributed by atoms with van der Waals surface area (Å²) < 4.78 is 0. The van der Waals surface area contributed by atoms with Crippen LogP contribution in [-0.2, 0) is 16.6 Å². The summed E-state index contributed by atoms with van der Waals surface area (Å²) in [5.41, 5.74) is 1.22. The molecule has 0 aliphatic heterocycles. The van der Waals surface area contributed by atoms with E-state index < -0.39 is 17.5 Å². The van der Waals surface area contributed by atoms with Crippen LogP contribution in [0.3, 0.4) is 0 Å². The second-order valence-corrected chi connectivity index (χ2v) is 6.60. The highest BCUT2D eigenvalue weighted by molar-refractivity contribution is 5.83. The van der Waals surface area contributed by atoms with Gasteiger partial charge in [0.1, 0.15) is 0 Å². The van der Waals surface area contributed by atoms with Gasteiger partial charge in [-0.3, -0.25) is 4.79 Å². The Hall–Kier alpha value is -1.35. The maximum absolute atomic E-state index is 12.3. The van der Waals surface area contributed by atoms with E-state index in [-0.39, 0.29) is 5.92 Å². The van der Waals surface area contributed by atoms with E-state index in [4.69, 9.17) is 0 Å². The van der Waals surface area contributed by atoms with Crippen LogP contribution in [0.4, 0.5) is 0 Å². The van der Waals surface area contributed by atoms with Crippen molar-refractivity contribution in [2.75, 3.05) is 0 Å². The molecular weight excluding hydrogens is 264 g/mol. The van der Waals surface area contributed by atoms with Gasteiger partial charge in [-0.2, -0.15) is 0 Å². The molecule has 0 aromatic heterocycles. The van der Waals surface area contributed by atoms with Gasteiger partial charge < -0.3 is 10.2 Å². The van der Waals surface area contributed by atoms with Gasteiger partial charge >= 0.3 is 5.97 Å². The van der Waals surface area contributed by atoms with Gasteiger partial charge in [-0.1, -0.05) is 43.5 Å². The number of carboxylic acid groups (broad SMARTS) is 1. The minimum Gasteiger partial charge on any atom is -0.481 e. The zero-order valence-electron chi connectivity index (χ0n) is 12.4. The van der Waals surface area contributed by atoms with Crippen molar-refractivity contribution in [2.24, 2.45) is 5.92 Å². The van der Waals surface area contributed by atoms with E-state index in [2.05, 4.69) is 6.07 Å². The van der Waals surface area contributed by atoms with E-state index in [1.165, 1.54) is 0 Å². The van der Waals surface area contributed by atoms with Gasteiger partial charge in [0.25, 0.3) is 0 Å². The Kier molecular flexibility index (Phi) is 4.03. The molecule has 1 saturated carbocycles. The summed E-state index contributed by atoms with van der Waals surface area (Å²) in [4.78, 5) is 12.3. The Morgan fingerprint density at radius 3 is 2.67 bits per heavy atom. The van der Waals surface area contributed by atoms with Crippen LogP contribution in [0.2, 0.25) is 0 Å². The second kappa shape index (κ2) is 5.80. The molecule has 0 bridgehead atoms. The largest absolute Gasteiger partial charge is 0.481 e. The van der Waals surface area contributed by atoms with Crippen LogP contribution >= 0.6 is 0 Å². The third kappa shape index (κ3) is 2.38. The zero-order valence-corrected chi connectivity index (χ0v) is 12.4. The highest BCUT2D eigenvalue weighted by Gasteiger charge is 2.51. The Balaban J connectivity index is 2.11. The molecule has 2 N–H and O–H groups in total. The first-order valence-corrected chi connectivity index (χ1v) is 8.16. The average Bonchev–Trinajstić information content (AvgIpc) is 2.71. The van der Waals surface area contributed by atoms with Gasteiger partial charge in [-0.05, 0) is 43.2 Å². The molecule has 3 atom stereocenters. The lowest BCUT2D eigenvalue weighted by molar-refractivity contribution is -0.150. The lowest BCUT2D eigenvalue weighted by Gasteiger charge is -2.43. The van der Waals surface area contributed by atoms with Gasteiger partial charge in [0.2, 0.25) is 0 Å². The van der Waals surface area contributed by atoms with Crippen LogP contribution in [-0.4, -0.2) is 22.3 Å². The molecule has 21 heavy (non-hydrogen) atoms. The van der Waals surface area contributed by atoms with Crippen molar-refractivity contribution in [3.63, 3.8) is 0 Å². The predicted octanol–water partition coefficient (Wildman–Crippen LogP) is 3.29. The first-order valence-electron chi connectivity index (χ1n) is 8.16. The third-order valence-electron chi connectivity index (χ3n) is 5.51. The van der Waals surface area contributed by atoms with E-state index in [0.29, 0.717) is 6.42 Å². The number of carboxylic acids is 1. The van der Waals surface area contributed by atoms with E-state index in [1.54, 1.807) is 0 Å². The van der Waals surface area contributed by atoms with Gasteiger partial charge in [-0.25, -0.2) is 0 Å². The summed E-state index contributed by atoms with van der Waals surface area (Å²) in [5, 5.41) is 20.7. The fourth-order valence-corrected chi connectivity index (χ4v) is 4.49. The number of hydrogen-bond donors (Lipinski definition) is 2. The number of aliphatic carboxylic acids is 1. The molecule has 1 fully saturated rings. The van der Waals surface area contributed by atoms with Gasteiger partial charge in [0.05, 0.1) is 11.5 Å². The van der Waals surface area contributed by atoms with Crippen LogP contribution < -0.4 is 0 Å². The molecule has 1 aromatic carbocycles. The summed E-state index contributed by atoms with van der Waals surface area (Å²) in [5.74, 6) is -0.903. The zero-order chi connectivity index (χ0) is 14.9. The molecule has 0 radical (unpaired) electrons. The summed E-state index contributed by atoms with van der Waals surface area (Å²) in [6.45, 7) is 0. The van der Waals surface area contributed by atoms with E-state index in [0.717, 1.165) is 56.1 Å². The first-order chi connectivity index (χ1) is 10.2. The normalized spacial score (nSPS) is 33.0. The average molecular weight is 288 g/mol. The molecule has 3 heteroatoms. The number of rotatable bonds is 2. The lowest BCUT2D eigenvalue weighted by atomic mass is 9.60. The molecule has 3 rings (SSSR count). The SMILES string of the molecule is O=C(O)C1(C2CCCCCC2O)CCCc2ccccc21. The molecule has 0 spiro atoms. The number of benzene rings is 1. The minimum absolute atomic E-state index is 0.154. The van der Waals surface area contributed by atoms with E-state index >= 15 is 0 Å². The van der Waals surface area contributed by atoms with E-state index in [1.807, 2.05) is 18.2 Å². The van der Waals surface area contributed by atoms with Crippen molar-refractivity contribution < 1.29 is 15.0 Å². The van der Waals surface area contributed by atoms with Crippen LogP contribution in [0.15, 0.2) is 24.3 Å². The number of aliphatic hydroxyl groups excluding tert-OH is 1. The van der Waals surface area contributed by atoms with E-state index in [9.17, 15) is 15.0 Å². The molecule has 3 unspecified atom stereocenters. The van der Waals surface area contributed by atoms with Crippen LogP contribution in [0.1, 0.15) is 56.1 Å². The van der Waals surface area contributed by atoms with Crippen LogP contribution in [0.25, 0.3) is 0 Å². The predicted molar refractivity (Wildman–Crippen MR) is 81.3 cm³/mol. The summed E-state index contributed by atoms with van der Waals surface area (Å²) >= 11 is 0. The topological polar surface area (TPSA) is 57.5 Å². The second-order valence-electron chi connectivity index (χ2n) is 6.60. The molecule has 114 valence electrons. The van der Waals surface area contributed by atoms with Gasteiger partial charge in [-0.15, -0.1) is 0 Å². The highest BCUT2D eigenvalue weighted by Crippen LogP contribution is 2.48. The summed E-state index contributed by atoms with van der Waals surface area (Å²) in [7, 11) is 0. The molecule has 1 aromatic rings. The Morgan fingerprint density at radius 1 is 1.10 bits per heavy atom. The smallest absolute Gasteiger partial charge is 0.314 e. The van der Waals surface area contributed by atoms with Crippen molar-refractivity contribution in [1.82, 2.24) is 0 Å². The van der Waals surface area contributed by atoms with Crippen LogP contribution in [0, 0.1) is 5.92 Å². The summed E-state index contributed by atoms with van der Waals surface area (Å²) in [6.07, 6.45) is 6.71. The standard InChI is InChI=1S/C18H24O3/c19-16-11-3-1-2-10-15(16)18(17(20)21)12-6-8-13-7-4-5-9-14(13)18/h4-5,7,9,15-16,19H,1-3,6,8,10-12H2,(H,20,21). The van der Waals surface area contributed by atoms with Gasteiger partial charge in [0, 0.05) is 5.92 Å². The molecule has 2 aliphatic carbocycles.